The SMILES string of the molecule is N=[SH](=O)S(=O)(=O)c1ccc([N+](=O)[O-])cc1. The fourth-order valence-electron chi connectivity index (χ4n) is 0.836. The molecule has 0 saturated carbocycles. The Labute approximate surface area is 86.2 Å². The predicted molar refractivity (Wildman–Crippen MR) is 52.5 cm³/mol. The smallest absolute Gasteiger partial charge is 0.258 e. The summed E-state index contributed by atoms with van der Waals surface area (Å²) in [6.45, 7) is 0. The van der Waals surface area contributed by atoms with Crippen molar-refractivity contribution in [2.45, 2.75) is 4.90 Å². The third-order valence-corrected chi connectivity index (χ3v) is 4.81. The van der Waals surface area contributed by atoms with E-state index in [9.17, 15) is 22.7 Å². The van der Waals surface area contributed by atoms with Crippen LogP contribution in [0, 0.1) is 14.9 Å². The van der Waals surface area contributed by atoms with Crippen LogP contribution in [-0.4, -0.2) is 17.6 Å². The summed E-state index contributed by atoms with van der Waals surface area (Å²) in [4.78, 5) is 9.22. The molecule has 0 saturated heterocycles. The number of nitro benzene ring substituents is 1. The quantitative estimate of drug-likeness (QED) is 0.351. The third kappa shape index (κ3) is 2.30. The lowest BCUT2D eigenvalue weighted by molar-refractivity contribution is -0.384. The Hall–Kier alpha value is -1.48. The van der Waals surface area contributed by atoms with E-state index in [1.807, 2.05) is 0 Å². The zero-order chi connectivity index (χ0) is 11.6. The van der Waals surface area contributed by atoms with E-state index in [-0.39, 0.29) is 10.6 Å². The first-order valence-corrected chi connectivity index (χ1v) is 6.88. The van der Waals surface area contributed by atoms with Gasteiger partial charge in [-0.15, -0.1) is 0 Å². The maximum Gasteiger partial charge on any atom is 0.269 e. The van der Waals surface area contributed by atoms with E-state index >= 15 is 0 Å². The molecule has 0 amide bonds. The Morgan fingerprint density at radius 1 is 1.27 bits per heavy atom. The molecular weight excluding hydrogens is 244 g/mol. The number of rotatable bonds is 3. The molecule has 1 aromatic carbocycles. The summed E-state index contributed by atoms with van der Waals surface area (Å²) >= 11 is 0. The zero-order valence-corrected chi connectivity index (χ0v) is 8.86. The summed E-state index contributed by atoms with van der Waals surface area (Å²) in [5, 5.41) is 10.3. The number of thiol groups is 1. The lowest BCUT2D eigenvalue weighted by atomic mass is 10.3. The minimum Gasteiger partial charge on any atom is -0.258 e. The van der Waals surface area contributed by atoms with Gasteiger partial charge in [0, 0.05) is 12.1 Å². The van der Waals surface area contributed by atoms with Gasteiger partial charge >= 0.3 is 0 Å². The van der Waals surface area contributed by atoms with Crippen molar-refractivity contribution in [3.05, 3.63) is 34.4 Å². The largest absolute Gasteiger partial charge is 0.269 e. The number of nitrogens with zero attached hydrogens (tertiary/aromatic N) is 1. The first kappa shape index (κ1) is 11.6. The van der Waals surface area contributed by atoms with Gasteiger partial charge in [-0.25, -0.2) is 17.4 Å². The van der Waals surface area contributed by atoms with E-state index in [0.717, 1.165) is 24.3 Å². The predicted octanol–water partition coefficient (Wildman–Crippen LogP) is 0.527. The summed E-state index contributed by atoms with van der Waals surface area (Å²) in [6.07, 6.45) is 0. The van der Waals surface area contributed by atoms with Crippen molar-refractivity contribution >= 4 is 24.2 Å². The van der Waals surface area contributed by atoms with Gasteiger partial charge in [0.15, 0.2) is 0 Å². The topological polar surface area (TPSA) is 118 Å². The Morgan fingerprint density at radius 3 is 2.07 bits per heavy atom. The first-order chi connectivity index (χ1) is 6.85. The Kier molecular flexibility index (Phi) is 3.05. The molecule has 0 heterocycles. The minimum absolute atomic E-state index is 0.269. The molecule has 0 aliphatic rings. The van der Waals surface area contributed by atoms with Gasteiger partial charge in [0.25, 0.3) is 14.6 Å². The summed E-state index contributed by atoms with van der Waals surface area (Å²) in [6, 6.07) is 3.86. The highest BCUT2D eigenvalue weighted by Crippen LogP contribution is 2.17. The third-order valence-electron chi connectivity index (χ3n) is 1.56. The molecule has 1 unspecified atom stereocenters. The number of hydrogen-bond donors (Lipinski definition) is 2. The van der Waals surface area contributed by atoms with Gasteiger partial charge in [0.2, 0.25) is 0 Å². The van der Waals surface area contributed by atoms with Crippen LogP contribution in [0.3, 0.4) is 0 Å². The molecule has 1 rings (SSSR count). The molecule has 1 atom stereocenters. The molecule has 0 aliphatic heterocycles. The van der Waals surface area contributed by atoms with Gasteiger partial charge in [-0.1, -0.05) is 0 Å². The molecule has 0 spiro atoms. The highest BCUT2D eigenvalue weighted by atomic mass is 33.1. The second-order valence-corrected chi connectivity index (χ2v) is 6.86. The van der Waals surface area contributed by atoms with Gasteiger partial charge in [0.1, 0.15) is 9.63 Å². The normalized spacial score (nSPS) is 13.3. The van der Waals surface area contributed by atoms with E-state index < -0.39 is 23.4 Å². The average Bonchev–Trinajstić information content (AvgIpc) is 2.17. The number of benzene rings is 1. The van der Waals surface area contributed by atoms with Crippen LogP contribution in [0.15, 0.2) is 29.2 Å². The highest BCUT2D eigenvalue weighted by molar-refractivity contribution is 8.59. The lowest BCUT2D eigenvalue weighted by Gasteiger charge is -1.96. The lowest BCUT2D eigenvalue weighted by Crippen LogP contribution is -2.01. The zero-order valence-electron chi connectivity index (χ0n) is 7.15. The van der Waals surface area contributed by atoms with Crippen molar-refractivity contribution in [1.82, 2.24) is 0 Å². The van der Waals surface area contributed by atoms with Gasteiger partial charge in [-0.2, -0.15) is 0 Å². The first-order valence-electron chi connectivity index (χ1n) is 3.54. The van der Waals surface area contributed by atoms with E-state index in [2.05, 4.69) is 0 Å². The second-order valence-electron chi connectivity index (χ2n) is 2.48. The van der Waals surface area contributed by atoms with Crippen LogP contribution in [-0.2, 0) is 18.5 Å². The van der Waals surface area contributed by atoms with E-state index in [0.29, 0.717) is 0 Å². The van der Waals surface area contributed by atoms with Crippen LogP contribution in [0.2, 0.25) is 0 Å². The van der Waals surface area contributed by atoms with Gasteiger partial charge in [-0.05, 0) is 12.1 Å². The molecule has 7 nitrogen and oxygen atoms in total. The fraction of sp³-hybridized carbons (Fsp3) is 0. The molecule has 0 aliphatic carbocycles. The van der Waals surface area contributed by atoms with Crippen molar-refractivity contribution in [2.75, 3.05) is 0 Å². The Bertz CT molecular complexity index is 550. The van der Waals surface area contributed by atoms with Crippen LogP contribution < -0.4 is 0 Å². The molecule has 0 aromatic heterocycles. The second kappa shape index (κ2) is 3.95. The van der Waals surface area contributed by atoms with Crippen LogP contribution in [0.1, 0.15) is 0 Å². The van der Waals surface area contributed by atoms with Crippen molar-refractivity contribution in [3.63, 3.8) is 0 Å². The standard InChI is InChI=1S/C6H6N2O5S2/c7-14(11)15(12,13)6-3-1-5(2-4-6)8(9)10/h1-4,7,14H. The minimum atomic E-state index is -4.17. The summed E-state index contributed by atoms with van der Waals surface area (Å²) < 4.78 is 39.6. The Balaban J connectivity index is 3.27. The molecule has 0 bridgehead atoms. The molecular formula is C6H6N2O5S2. The van der Waals surface area contributed by atoms with E-state index in [1.165, 1.54) is 0 Å². The molecule has 9 heteroatoms. The molecule has 1 aromatic rings. The van der Waals surface area contributed by atoms with Crippen molar-refractivity contribution < 1.29 is 17.6 Å². The van der Waals surface area contributed by atoms with Crippen molar-refractivity contribution in [2.24, 2.45) is 0 Å². The van der Waals surface area contributed by atoms with Gasteiger partial charge < -0.3 is 0 Å². The van der Waals surface area contributed by atoms with Crippen LogP contribution >= 0.6 is 0 Å². The van der Waals surface area contributed by atoms with Crippen molar-refractivity contribution in [3.8, 4) is 0 Å². The Morgan fingerprint density at radius 2 is 1.73 bits per heavy atom. The summed E-state index contributed by atoms with van der Waals surface area (Å²) in [5.41, 5.74) is -0.269. The van der Waals surface area contributed by atoms with Gasteiger partial charge in [-0.3, -0.25) is 10.1 Å². The van der Waals surface area contributed by atoms with Gasteiger partial charge in [0.05, 0.1) is 9.82 Å². The molecule has 0 radical (unpaired) electrons. The summed E-state index contributed by atoms with van der Waals surface area (Å²) in [7, 11) is -7.31. The maximum atomic E-state index is 11.2. The number of nitro groups is 1. The van der Waals surface area contributed by atoms with Crippen LogP contribution in [0.25, 0.3) is 0 Å². The molecule has 82 valence electrons. The molecule has 1 N–H and O–H groups in total. The molecule has 15 heavy (non-hydrogen) atoms. The van der Waals surface area contributed by atoms with E-state index in [4.69, 9.17) is 4.78 Å². The highest BCUT2D eigenvalue weighted by Gasteiger charge is 2.16. The number of nitrogens with one attached hydrogen (secondary N) is 1. The fourth-order valence-corrected chi connectivity index (χ4v) is 2.45. The van der Waals surface area contributed by atoms with Crippen molar-refractivity contribution in [1.29, 1.82) is 4.78 Å². The van der Waals surface area contributed by atoms with Crippen LogP contribution in [0.5, 0.6) is 0 Å². The molecule has 0 fully saturated rings. The summed E-state index contributed by atoms with van der Waals surface area (Å²) in [5.74, 6) is 0. The maximum absolute atomic E-state index is 11.2. The number of hydrogen-bond acceptors (Lipinski definition) is 6. The van der Waals surface area contributed by atoms with Crippen LogP contribution in [0.4, 0.5) is 5.69 Å². The average molecular weight is 250 g/mol. The number of non-ortho nitro benzene ring substituents is 1. The monoisotopic (exact) mass is 250 g/mol. The van der Waals surface area contributed by atoms with E-state index in [1.54, 1.807) is 0 Å².